The molecule has 0 aliphatic rings. The molecule has 1 aromatic heterocycles. The molecule has 0 aliphatic heterocycles. The van der Waals surface area contributed by atoms with Crippen LogP contribution in [0, 0.1) is 6.92 Å². The summed E-state index contributed by atoms with van der Waals surface area (Å²) in [4.78, 5) is 14.1. The van der Waals surface area contributed by atoms with E-state index in [9.17, 15) is 18.0 Å². The topological polar surface area (TPSA) is 32.9 Å². The van der Waals surface area contributed by atoms with Crippen LogP contribution in [-0.2, 0) is 6.18 Å². The molecule has 0 atom stereocenters. The number of benzene rings is 1. The Balaban J connectivity index is 2.63. The molecule has 2 aromatic rings. The molecule has 0 fully saturated rings. The highest BCUT2D eigenvalue weighted by Gasteiger charge is 2.30. The largest absolute Gasteiger partial charge is 0.416 e. The van der Waals surface area contributed by atoms with E-state index >= 15 is 0 Å². The molecule has 1 aromatic carbocycles. The zero-order valence-corrected chi connectivity index (χ0v) is 9.51. The Bertz CT molecular complexity index is 629. The lowest BCUT2D eigenvalue weighted by Crippen LogP contribution is -2.11. The number of nitrogens with one attached hydrogen (secondary N) is 1. The predicted octanol–water partition coefficient (Wildman–Crippen LogP) is 3.37. The van der Waals surface area contributed by atoms with Crippen molar-refractivity contribution in [2.75, 3.05) is 0 Å². The third kappa shape index (κ3) is 2.30. The molecule has 0 radical (unpaired) electrons. The van der Waals surface area contributed by atoms with Crippen molar-refractivity contribution in [1.82, 2.24) is 4.98 Å². The molecule has 1 N–H and O–H groups in total. The van der Waals surface area contributed by atoms with Gasteiger partial charge in [0.15, 0.2) is 0 Å². The maximum absolute atomic E-state index is 12.6. The summed E-state index contributed by atoms with van der Waals surface area (Å²) in [5.74, 6) is 0. The second kappa shape index (κ2) is 4.33. The van der Waals surface area contributed by atoms with Gasteiger partial charge in [-0.25, -0.2) is 0 Å². The van der Waals surface area contributed by atoms with Gasteiger partial charge in [0.05, 0.1) is 5.56 Å². The van der Waals surface area contributed by atoms with Gasteiger partial charge in [0.1, 0.15) is 0 Å². The van der Waals surface area contributed by atoms with Crippen LogP contribution in [0.25, 0.3) is 11.1 Å². The van der Waals surface area contributed by atoms with E-state index in [0.717, 1.165) is 12.1 Å². The first-order valence-electron chi connectivity index (χ1n) is 5.25. The first-order chi connectivity index (χ1) is 8.39. The monoisotopic (exact) mass is 253 g/mol. The fourth-order valence-electron chi connectivity index (χ4n) is 1.79. The highest BCUT2D eigenvalue weighted by Crippen LogP contribution is 2.31. The Labute approximate surface area is 101 Å². The van der Waals surface area contributed by atoms with Crippen LogP contribution in [-0.4, -0.2) is 4.98 Å². The smallest absolute Gasteiger partial charge is 0.329 e. The third-order valence-corrected chi connectivity index (χ3v) is 2.65. The van der Waals surface area contributed by atoms with Crippen LogP contribution < -0.4 is 5.56 Å². The molecule has 2 rings (SSSR count). The summed E-state index contributed by atoms with van der Waals surface area (Å²) >= 11 is 0. The lowest BCUT2D eigenvalue weighted by molar-refractivity contribution is -0.137. The van der Waals surface area contributed by atoms with Crippen LogP contribution in [0.2, 0.25) is 0 Å². The first-order valence-corrected chi connectivity index (χ1v) is 5.25. The fourth-order valence-corrected chi connectivity index (χ4v) is 1.79. The van der Waals surface area contributed by atoms with Gasteiger partial charge in [-0.05, 0) is 36.2 Å². The van der Waals surface area contributed by atoms with Crippen LogP contribution in [0.5, 0.6) is 0 Å². The summed E-state index contributed by atoms with van der Waals surface area (Å²) in [6, 6.07) is 6.40. The Morgan fingerprint density at radius 1 is 1.17 bits per heavy atom. The van der Waals surface area contributed by atoms with Gasteiger partial charge in [0.25, 0.3) is 5.56 Å². The second-order valence-electron chi connectivity index (χ2n) is 3.94. The van der Waals surface area contributed by atoms with E-state index in [2.05, 4.69) is 4.98 Å². The van der Waals surface area contributed by atoms with Gasteiger partial charge in [0, 0.05) is 11.8 Å². The van der Waals surface area contributed by atoms with E-state index in [0.29, 0.717) is 5.56 Å². The van der Waals surface area contributed by atoms with Crippen LogP contribution >= 0.6 is 0 Å². The van der Waals surface area contributed by atoms with Crippen molar-refractivity contribution in [2.24, 2.45) is 0 Å². The number of hydrogen-bond donors (Lipinski definition) is 1. The van der Waals surface area contributed by atoms with Crippen LogP contribution in [0.1, 0.15) is 11.1 Å². The van der Waals surface area contributed by atoms with Crippen molar-refractivity contribution in [3.8, 4) is 11.1 Å². The molecule has 5 heteroatoms. The molecule has 18 heavy (non-hydrogen) atoms. The first kappa shape index (κ1) is 12.4. The highest BCUT2D eigenvalue weighted by atomic mass is 19.4. The third-order valence-electron chi connectivity index (χ3n) is 2.65. The summed E-state index contributed by atoms with van der Waals surface area (Å²) < 4.78 is 37.8. The molecule has 0 saturated heterocycles. The second-order valence-corrected chi connectivity index (χ2v) is 3.94. The van der Waals surface area contributed by atoms with E-state index in [-0.39, 0.29) is 11.1 Å². The Hall–Kier alpha value is -2.04. The highest BCUT2D eigenvalue weighted by molar-refractivity contribution is 5.66. The van der Waals surface area contributed by atoms with Gasteiger partial charge in [-0.15, -0.1) is 0 Å². The van der Waals surface area contributed by atoms with Gasteiger partial charge in [-0.3, -0.25) is 4.79 Å². The molecule has 0 amide bonds. The zero-order chi connectivity index (χ0) is 13.3. The fraction of sp³-hybridized carbons (Fsp3) is 0.154. The molecular weight excluding hydrogens is 243 g/mol. The molecule has 2 nitrogen and oxygen atoms in total. The van der Waals surface area contributed by atoms with Crippen molar-refractivity contribution in [1.29, 1.82) is 0 Å². The van der Waals surface area contributed by atoms with Gasteiger partial charge in [0.2, 0.25) is 0 Å². The molecule has 0 saturated carbocycles. The number of H-pyrrole nitrogens is 1. The van der Waals surface area contributed by atoms with E-state index in [4.69, 9.17) is 0 Å². The number of rotatable bonds is 1. The molecule has 94 valence electrons. The normalized spacial score (nSPS) is 11.6. The number of aryl methyl sites for hydroxylation is 1. The van der Waals surface area contributed by atoms with Gasteiger partial charge < -0.3 is 4.98 Å². The maximum Gasteiger partial charge on any atom is 0.416 e. The Kier molecular flexibility index (Phi) is 2.98. The lowest BCUT2D eigenvalue weighted by atomic mass is 10.0. The van der Waals surface area contributed by atoms with Crippen LogP contribution in [0.4, 0.5) is 13.2 Å². The number of aromatic amines is 1. The van der Waals surface area contributed by atoms with Crippen molar-refractivity contribution < 1.29 is 13.2 Å². The number of halogens is 3. The predicted molar refractivity (Wildman–Crippen MR) is 62.2 cm³/mol. The SMILES string of the molecule is Cc1cc[nH]c(=O)c1-c1cccc(C(F)(F)F)c1. The Morgan fingerprint density at radius 3 is 2.50 bits per heavy atom. The molecule has 0 aliphatic carbocycles. The maximum atomic E-state index is 12.6. The Morgan fingerprint density at radius 2 is 1.89 bits per heavy atom. The van der Waals surface area contributed by atoms with Gasteiger partial charge in [-0.2, -0.15) is 13.2 Å². The number of alkyl halides is 3. The van der Waals surface area contributed by atoms with Crippen molar-refractivity contribution in [3.05, 3.63) is 58.0 Å². The van der Waals surface area contributed by atoms with Crippen molar-refractivity contribution in [3.63, 3.8) is 0 Å². The molecule has 1 heterocycles. The van der Waals surface area contributed by atoms with E-state index in [1.54, 1.807) is 13.0 Å². The molecule has 0 bridgehead atoms. The summed E-state index contributed by atoms with van der Waals surface area (Å²) in [6.07, 6.45) is -2.94. The van der Waals surface area contributed by atoms with Gasteiger partial charge >= 0.3 is 6.18 Å². The molecule has 0 unspecified atom stereocenters. The molecule has 0 spiro atoms. The molecular formula is C13H10F3NO. The van der Waals surface area contributed by atoms with E-state index in [1.165, 1.54) is 18.3 Å². The minimum atomic E-state index is -4.41. The standard InChI is InChI=1S/C13H10F3NO/c1-8-5-6-17-12(18)11(8)9-3-2-4-10(7-9)13(14,15)16/h2-7H,1H3,(H,17,18). The number of aromatic nitrogens is 1. The number of hydrogen-bond acceptors (Lipinski definition) is 1. The lowest BCUT2D eigenvalue weighted by Gasteiger charge is -2.09. The van der Waals surface area contributed by atoms with Crippen LogP contribution in [0.3, 0.4) is 0 Å². The minimum Gasteiger partial charge on any atom is -0.329 e. The summed E-state index contributed by atoms with van der Waals surface area (Å²) in [5.41, 5.74) is 0.0165. The summed E-state index contributed by atoms with van der Waals surface area (Å²) in [5, 5.41) is 0. The average molecular weight is 253 g/mol. The van der Waals surface area contributed by atoms with Crippen molar-refractivity contribution >= 4 is 0 Å². The zero-order valence-electron chi connectivity index (χ0n) is 9.51. The van der Waals surface area contributed by atoms with E-state index < -0.39 is 17.3 Å². The van der Waals surface area contributed by atoms with Crippen LogP contribution in [0.15, 0.2) is 41.3 Å². The van der Waals surface area contributed by atoms with E-state index in [1.807, 2.05) is 0 Å². The van der Waals surface area contributed by atoms with Crippen molar-refractivity contribution in [2.45, 2.75) is 13.1 Å². The summed E-state index contributed by atoms with van der Waals surface area (Å²) in [6.45, 7) is 1.69. The number of pyridine rings is 1. The average Bonchev–Trinajstić information content (AvgIpc) is 2.28. The summed E-state index contributed by atoms with van der Waals surface area (Å²) in [7, 11) is 0. The van der Waals surface area contributed by atoms with Gasteiger partial charge in [-0.1, -0.05) is 12.1 Å². The quantitative estimate of drug-likeness (QED) is 0.830. The minimum absolute atomic E-state index is 0.267.